The van der Waals surface area contributed by atoms with Crippen LogP contribution in [0.2, 0.25) is 0 Å². The maximum Gasteiger partial charge on any atom is 0.306 e. The molecule has 0 aromatic carbocycles. The summed E-state index contributed by atoms with van der Waals surface area (Å²) in [7, 11) is 5.91. The van der Waals surface area contributed by atoms with E-state index in [1.807, 2.05) is 21.1 Å². The van der Waals surface area contributed by atoms with Gasteiger partial charge in [-0.15, -0.1) is 0 Å². The van der Waals surface area contributed by atoms with Gasteiger partial charge < -0.3 is 33.3 Å². The smallest absolute Gasteiger partial charge is 0.306 e. The maximum absolute atomic E-state index is 12.9. The van der Waals surface area contributed by atoms with E-state index in [0.717, 1.165) is 77.0 Å². The normalized spacial score (nSPS) is 13.3. The first-order valence-corrected chi connectivity index (χ1v) is 39.0. The minimum absolute atomic E-state index is 0.132. The second-order valence-electron chi connectivity index (χ2n) is 27.3. The van der Waals surface area contributed by atoms with Gasteiger partial charge in [0.15, 0.2) is 12.4 Å². The van der Waals surface area contributed by atoms with Gasteiger partial charge in [0.2, 0.25) is 0 Å². The predicted octanol–water partition coefficient (Wildman–Crippen LogP) is 23.6. The second kappa shape index (κ2) is 73.8. The molecule has 0 amide bonds. The van der Waals surface area contributed by atoms with E-state index < -0.39 is 24.3 Å². The zero-order valence-electron chi connectivity index (χ0n) is 61.4. The Labute approximate surface area is 575 Å². The van der Waals surface area contributed by atoms with Crippen molar-refractivity contribution < 1.29 is 42.9 Å². The van der Waals surface area contributed by atoms with Crippen LogP contribution in [-0.2, 0) is 33.3 Å². The van der Waals surface area contributed by atoms with Crippen molar-refractivity contribution in [3.8, 4) is 0 Å². The molecular formula is C84H147NO8. The number of unbranched alkanes of at least 4 members (excludes halogenated alkanes) is 39. The molecule has 2 unspecified atom stereocenters. The number of hydrogen-bond donors (Lipinski definition) is 0. The Morgan fingerprint density at radius 3 is 0.903 bits per heavy atom. The number of carbonyl (C=O) groups excluding carboxylic acids is 3. The highest BCUT2D eigenvalue weighted by Crippen LogP contribution is 2.19. The van der Waals surface area contributed by atoms with Crippen LogP contribution in [0.5, 0.6) is 0 Å². The number of carboxylic acid groups (broad SMARTS) is 1. The molecule has 0 aromatic rings. The summed E-state index contributed by atoms with van der Waals surface area (Å²) in [4.78, 5) is 37.5. The highest BCUT2D eigenvalue weighted by Gasteiger charge is 2.22. The summed E-state index contributed by atoms with van der Waals surface area (Å²) in [5.41, 5.74) is 0. The fraction of sp³-hybridized carbons (Fsp3) is 0.750. The Morgan fingerprint density at radius 1 is 0.333 bits per heavy atom. The third-order valence-corrected chi connectivity index (χ3v) is 17.0. The number of aliphatic carboxylic acids is 1. The molecule has 0 aliphatic heterocycles. The van der Waals surface area contributed by atoms with Gasteiger partial charge in [-0.3, -0.25) is 9.59 Å². The lowest BCUT2D eigenvalue weighted by Crippen LogP contribution is -2.44. The third kappa shape index (κ3) is 75.2. The molecule has 536 valence electrons. The monoisotopic (exact) mass is 1300 g/mol. The number of ether oxygens (including phenoxy) is 4. The van der Waals surface area contributed by atoms with Crippen molar-refractivity contribution in [2.75, 3.05) is 47.5 Å². The van der Waals surface area contributed by atoms with Crippen LogP contribution in [-0.4, -0.2) is 82.3 Å². The zero-order chi connectivity index (χ0) is 67.5. The van der Waals surface area contributed by atoms with Crippen molar-refractivity contribution in [3.05, 3.63) is 109 Å². The Hall–Kier alpha value is -4.05. The molecule has 0 saturated carbocycles. The number of hydrogen-bond acceptors (Lipinski definition) is 8. The summed E-state index contributed by atoms with van der Waals surface area (Å²) in [5.74, 6) is -2.36. The van der Waals surface area contributed by atoms with Gasteiger partial charge in [0.25, 0.3) is 0 Å². The van der Waals surface area contributed by atoms with Crippen LogP contribution in [0.3, 0.4) is 0 Å². The fourth-order valence-electron chi connectivity index (χ4n) is 11.1. The van der Waals surface area contributed by atoms with E-state index in [1.165, 1.54) is 231 Å². The van der Waals surface area contributed by atoms with E-state index >= 15 is 0 Å². The van der Waals surface area contributed by atoms with Crippen molar-refractivity contribution >= 4 is 17.9 Å². The number of esters is 2. The lowest BCUT2D eigenvalue weighted by molar-refractivity contribution is -0.870. The third-order valence-electron chi connectivity index (χ3n) is 17.0. The van der Waals surface area contributed by atoms with Crippen molar-refractivity contribution in [1.29, 1.82) is 0 Å². The average Bonchev–Trinajstić information content (AvgIpc) is 3.74. The Morgan fingerprint density at radius 2 is 0.613 bits per heavy atom. The minimum atomic E-state index is -1.64. The van der Waals surface area contributed by atoms with Gasteiger partial charge in [0.05, 0.1) is 40.3 Å². The molecule has 0 aromatic heterocycles. The minimum Gasteiger partial charge on any atom is -0.545 e. The van der Waals surface area contributed by atoms with Gasteiger partial charge in [0, 0.05) is 12.8 Å². The Balaban J connectivity index is 4.07. The molecule has 0 fully saturated rings. The second-order valence-corrected chi connectivity index (χ2v) is 27.3. The van der Waals surface area contributed by atoms with E-state index in [-0.39, 0.29) is 38.6 Å². The highest BCUT2D eigenvalue weighted by molar-refractivity contribution is 5.70. The molecule has 0 heterocycles. The molecular weight excluding hydrogens is 1150 g/mol. The maximum atomic E-state index is 12.9. The van der Waals surface area contributed by atoms with Crippen LogP contribution in [0.4, 0.5) is 0 Å². The number of quaternary nitrogens is 1. The molecule has 9 nitrogen and oxygen atoms in total. The molecule has 0 bridgehead atoms. The van der Waals surface area contributed by atoms with E-state index in [1.54, 1.807) is 0 Å². The molecule has 0 spiro atoms. The van der Waals surface area contributed by atoms with Gasteiger partial charge in [-0.1, -0.05) is 367 Å². The molecule has 0 aliphatic rings. The first kappa shape index (κ1) is 89.0. The SMILES string of the molecule is CC/C=C\C/C=C\C/C=C\C/C=C\C/C=C\C/C=C\C/C=C\C/C=C\C/C=C\CCCC(=O)OC(COC(=O)CCCCCCCCCCCCCCCCCCCCCCCCCCCCCCCCCCCCCCCCC)COC(OCC[N+](C)(C)C)C(=O)[O-]. The molecule has 0 aliphatic carbocycles. The van der Waals surface area contributed by atoms with Crippen LogP contribution < -0.4 is 5.11 Å². The predicted molar refractivity (Wildman–Crippen MR) is 398 cm³/mol. The fourth-order valence-corrected chi connectivity index (χ4v) is 11.1. The van der Waals surface area contributed by atoms with Crippen LogP contribution in [0.1, 0.15) is 348 Å². The van der Waals surface area contributed by atoms with E-state index in [9.17, 15) is 19.5 Å². The largest absolute Gasteiger partial charge is 0.545 e. The number of carbonyl (C=O) groups is 3. The lowest BCUT2D eigenvalue weighted by Gasteiger charge is -2.26. The molecule has 9 heteroatoms. The van der Waals surface area contributed by atoms with Gasteiger partial charge in [-0.05, 0) is 77.0 Å². The summed E-state index contributed by atoms with van der Waals surface area (Å²) < 4.78 is 22.7. The summed E-state index contributed by atoms with van der Waals surface area (Å²) in [6.45, 7) is 4.60. The summed E-state index contributed by atoms with van der Waals surface area (Å²) in [6.07, 6.45) is 101. The molecule has 0 rings (SSSR count). The van der Waals surface area contributed by atoms with Gasteiger partial charge in [0.1, 0.15) is 13.2 Å². The standard InChI is InChI=1S/C84H147NO8/c1-6-8-10-12-14-16-18-20-22-24-26-28-30-32-34-36-37-38-39-40-41-42-43-44-45-47-48-50-52-54-56-58-60-62-64-66-68-70-72-74-81(86)91-78-80(79-92-84(83(88)89)90-77-76-85(3,4)5)93-82(87)75-73-71-69-67-65-63-61-59-57-55-53-51-49-46-35-33-31-29-27-25-23-21-19-17-15-13-11-9-7-2/h9,11,15,17,21,23,27,29,33,35,49,51,55,57,61,63,67,69,80,84H,6-8,10,12-14,16,18-20,22,24-26,28,30-32,34,36-48,50,52-54,56,58-60,62,64-66,68,70-79H2,1-5H3/b11-9-,17-15-,23-21-,29-27-,35-33-,51-49-,57-55-,63-61-,69-67-. The van der Waals surface area contributed by atoms with E-state index in [2.05, 4.69) is 123 Å². The number of likely N-dealkylation sites (N-methyl/N-ethyl adjacent to an activating group) is 1. The molecule has 93 heavy (non-hydrogen) atoms. The quantitative estimate of drug-likeness (QED) is 0.0195. The number of rotatable bonds is 72. The Bertz CT molecular complexity index is 1900. The first-order chi connectivity index (χ1) is 45.6. The lowest BCUT2D eigenvalue weighted by atomic mass is 10.0. The van der Waals surface area contributed by atoms with Crippen molar-refractivity contribution in [3.63, 3.8) is 0 Å². The van der Waals surface area contributed by atoms with Gasteiger partial charge in [-0.2, -0.15) is 0 Å². The molecule has 0 N–H and O–H groups in total. The summed E-state index contributed by atoms with van der Waals surface area (Å²) >= 11 is 0. The van der Waals surface area contributed by atoms with E-state index in [4.69, 9.17) is 18.9 Å². The number of allylic oxidation sites excluding steroid dienone is 18. The zero-order valence-corrected chi connectivity index (χ0v) is 61.4. The molecule has 0 radical (unpaired) electrons. The topological polar surface area (TPSA) is 111 Å². The van der Waals surface area contributed by atoms with E-state index in [0.29, 0.717) is 23.9 Å². The first-order valence-electron chi connectivity index (χ1n) is 39.0. The van der Waals surface area contributed by atoms with Crippen LogP contribution in [0.25, 0.3) is 0 Å². The number of carboxylic acids is 1. The number of nitrogens with zero attached hydrogens (tertiary/aromatic N) is 1. The van der Waals surface area contributed by atoms with Crippen LogP contribution in [0.15, 0.2) is 109 Å². The average molecular weight is 1300 g/mol. The van der Waals surface area contributed by atoms with Crippen LogP contribution >= 0.6 is 0 Å². The van der Waals surface area contributed by atoms with Gasteiger partial charge >= 0.3 is 11.9 Å². The van der Waals surface area contributed by atoms with Crippen molar-refractivity contribution in [2.45, 2.75) is 360 Å². The highest BCUT2D eigenvalue weighted by atomic mass is 16.7. The summed E-state index contributed by atoms with van der Waals surface area (Å²) in [6, 6.07) is 0. The van der Waals surface area contributed by atoms with Crippen molar-refractivity contribution in [1.82, 2.24) is 0 Å². The molecule has 2 atom stereocenters. The molecule has 0 saturated heterocycles. The van der Waals surface area contributed by atoms with Crippen molar-refractivity contribution in [2.24, 2.45) is 0 Å². The van der Waals surface area contributed by atoms with Crippen LogP contribution in [0, 0.1) is 0 Å². The Kier molecular flexibility index (Phi) is 70.5. The van der Waals surface area contributed by atoms with Gasteiger partial charge in [-0.25, -0.2) is 0 Å². The summed E-state index contributed by atoms with van der Waals surface area (Å²) in [5, 5.41) is 11.8.